The van der Waals surface area contributed by atoms with Crippen LogP contribution in [0.25, 0.3) is 0 Å². The standard InChI is InChI=1S/C8H13NO2S/c10-8(11)6-4-7-5(9-6)2-1-3-12-7/h5-7,9H,1-4H2,(H,10,11). The molecule has 0 radical (unpaired) electrons. The molecule has 2 N–H and O–H groups in total. The molecule has 2 saturated heterocycles. The number of carbonyl (C=O) groups is 1. The molecule has 3 nitrogen and oxygen atoms in total. The van der Waals surface area contributed by atoms with Crippen LogP contribution >= 0.6 is 11.8 Å². The number of hydrogen-bond acceptors (Lipinski definition) is 3. The average molecular weight is 187 g/mol. The minimum absolute atomic E-state index is 0.286. The van der Waals surface area contributed by atoms with Gasteiger partial charge in [-0.3, -0.25) is 4.79 Å². The fourth-order valence-electron chi connectivity index (χ4n) is 1.99. The number of thioether (sulfide) groups is 1. The SMILES string of the molecule is O=C(O)C1CC2SCCCC2N1. The number of aliphatic carboxylic acids is 1. The summed E-state index contributed by atoms with van der Waals surface area (Å²) < 4.78 is 0. The van der Waals surface area contributed by atoms with Gasteiger partial charge < -0.3 is 10.4 Å². The van der Waals surface area contributed by atoms with Gasteiger partial charge in [-0.05, 0) is 25.0 Å². The average Bonchev–Trinajstić information content (AvgIpc) is 2.46. The van der Waals surface area contributed by atoms with E-state index in [4.69, 9.17) is 5.11 Å². The lowest BCUT2D eigenvalue weighted by molar-refractivity contribution is -0.139. The first-order valence-corrected chi connectivity index (χ1v) is 5.42. The zero-order chi connectivity index (χ0) is 8.55. The Labute approximate surface area is 75.9 Å². The monoisotopic (exact) mass is 187 g/mol. The molecule has 0 aromatic heterocycles. The van der Waals surface area contributed by atoms with Crippen molar-refractivity contribution in [2.75, 3.05) is 5.75 Å². The fraction of sp³-hybridized carbons (Fsp3) is 0.875. The summed E-state index contributed by atoms with van der Waals surface area (Å²) >= 11 is 1.93. The van der Waals surface area contributed by atoms with E-state index in [1.165, 1.54) is 12.2 Å². The van der Waals surface area contributed by atoms with Crippen molar-refractivity contribution in [3.05, 3.63) is 0 Å². The quantitative estimate of drug-likeness (QED) is 0.634. The summed E-state index contributed by atoms with van der Waals surface area (Å²) in [5.74, 6) is 0.514. The van der Waals surface area contributed by atoms with E-state index in [-0.39, 0.29) is 6.04 Å². The molecule has 2 fully saturated rings. The molecule has 2 rings (SSSR count). The minimum atomic E-state index is -0.690. The molecule has 0 aromatic carbocycles. The van der Waals surface area contributed by atoms with Crippen LogP contribution in [-0.2, 0) is 4.79 Å². The zero-order valence-corrected chi connectivity index (χ0v) is 7.64. The summed E-state index contributed by atoms with van der Waals surface area (Å²) in [6, 6.07) is 0.176. The normalized spacial score (nSPS) is 40.8. The third-order valence-corrected chi connectivity index (χ3v) is 4.10. The van der Waals surface area contributed by atoms with Crippen molar-refractivity contribution in [3.8, 4) is 0 Å². The predicted molar refractivity (Wildman–Crippen MR) is 48.4 cm³/mol. The smallest absolute Gasteiger partial charge is 0.320 e. The number of carboxylic acids is 1. The van der Waals surface area contributed by atoms with Gasteiger partial charge in [0.1, 0.15) is 6.04 Å². The predicted octanol–water partition coefficient (Wildman–Crippen LogP) is 0.697. The molecule has 2 aliphatic rings. The molecule has 3 unspecified atom stereocenters. The summed E-state index contributed by atoms with van der Waals surface area (Å²) in [6.45, 7) is 0. The summed E-state index contributed by atoms with van der Waals surface area (Å²) in [6.07, 6.45) is 3.19. The second-order valence-corrected chi connectivity index (χ2v) is 4.80. The molecule has 0 spiro atoms. The summed E-state index contributed by atoms with van der Waals surface area (Å²) in [5.41, 5.74) is 0. The Hall–Kier alpha value is -0.220. The lowest BCUT2D eigenvalue weighted by Gasteiger charge is -2.23. The van der Waals surface area contributed by atoms with Gasteiger partial charge in [0, 0.05) is 11.3 Å². The maximum absolute atomic E-state index is 10.7. The molecule has 0 aromatic rings. The van der Waals surface area contributed by atoms with Crippen LogP contribution in [0.2, 0.25) is 0 Å². The molecule has 0 amide bonds. The second kappa shape index (κ2) is 3.26. The van der Waals surface area contributed by atoms with E-state index in [2.05, 4.69) is 5.32 Å². The Balaban J connectivity index is 1.98. The number of rotatable bonds is 1. The third-order valence-electron chi connectivity index (χ3n) is 2.62. The van der Waals surface area contributed by atoms with Crippen LogP contribution < -0.4 is 5.32 Å². The van der Waals surface area contributed by atoms with Crippen molar-refractivity contribution in [1.29, 1.82) is 0 Å². The van der Waals surface area contributed by atoms with Crippen LogP contribution in [0.3, 0.4) is 0 Å². The van der Waals surface area contributed by atoms with Gasteiger partial charge in [0.25, 0.3) is 0 Å². The van der Waals surface area contributed by atoms with E-state index in [9.17, 15) is 4.79 Å². The van der Waals surface area contributed by atoms with E-state index in [1.807, 2.05) is 11.8 Å². The van der Waals surface area contributed by atoms with Gasteiger partial charge in [0.05, 0.1) is 0 Å². The van der Waals surface area contributed by atoms with Crippen LogP contribution in [0.5, 0.6) is 0 Å². The Morgan fingerprint density at radius 2 is 2.42 bits per heavy atom. The highest BCUT2D eigenvalue weighted by Crippen LogP contribution is 2.33. The first kappa shape index (κ1) is 8.38. The molecule has 12 heavy (non-hydrogen) atoms. The van der Waals surface area contributed by atoms with Crippen LogP contribution in [0.4, 0.5) is 0 Å². The third kappa shape index (κ3) is 1.45. The second-order valence-electron chi connectivity index (χ2n) is 3.45. The van der Waals surface area contributed by atoms with Gasteiger partial charge in [-0.2, -0.15) is 11.8 Å². The van der Waals surface area contributed by atoms with Crippen LogP contribution in [0.1, 0.15) is 19.3 Å². The van der Waals surface area contributed by atoms with Gasteiger partial charge in [0.15, 0.2) is 0 Å². The number of carboxylic acid groups (broad SMARTS) is 1. The Kier molecular flexibility index (Phi) is 2.28. The van der Waals surface area contributed by atoms with Crippen LogP contribution in [-0.4, -0.2) is 34.2 Å². The Bertz CT molecular complexity index is 183. The number of fused-ring (bicyclic) bond motifs is 1. The van der Waals surface area contributed by atoms with Crippen LogP contribution in [0.15, 0.2) is 0 Å². The zero-order valence-electron chi connectivity index (χ0n) is 6.82. The van der Waals surface area contributed by atoms with E-state index >= 15 is 0 Å². The lowest BCUT2D eigenvalue weighted by Crippen LogP contribution is -2.37. The molecule has 0 aliphatic carbocycles. The maximum atomic E-state index is 10.7. The van der Waals surface area contributed by atoms with E-state index in [1.54, 1.807) is 0 Å². The highest BCUT2D eigenvalue weighted by Gasteiger charge is 2.38. The van der Waals surface area contributed by atoms with E-state index < -0.39 is 5.97 Å². The minimum Gasteiger partial charge on any atom is -0.480 e. The summed E-state index contributed by atoms with van der Waals surface area (Å²) in [5, 5.41) is 12.5. The summed E-state index contributed by atoms with van der Waals surface area (Å²) in [7, 11) is 0. The first-order chi connectivity index (χ1) is 5.77. The fourth-order valence-corrected chi connectivity index (χ4v) is 3.41. The Morgan fingerprint density at radius 1 is 1.58 bits per heavy atom. The number of nitrogens with one attached hydrogen (secondary N) is 1. The van der Waals surface area contributed by atoms with Gasteiger partial charge >= 0.3 is 5.97 Å². The van der Waals surface area contributed by atoms with Gasteiger partial charge in [-0.25, -0.2) is 0 Å². The largest absolute Gasteiger partial charge is 0.480 e. The van der Waals surface area contributed by atoms with Gasteiger partial charge in [-0.15, -0.1) is 0 Å². The van der Waals surface area contributed by atoms with Crippen molar-refractivity contribution in [3.63, 3.8) is 0 Å². The molecule has 0 saturated carbocycles. The van der Waals surface area contributed by atoms with Crippen LogP contribution in [0, 0.1) is 0 Å². The van der Waals surface area contributed by atoms with E-state index in [0.717, 1.165) is 12.8 Å². The van der Waals surface area contributed by atoms with Gasteiger partial charge in [-0.1, -0.05) is 0 Å². The van der Waals surface area contributed by atoms with Gasteiger partial charge in [0.2, 0.25) is 0 Å². The molecule has 68 valence electrons. The van der Waals surface area contributed by atoms with Crippen molar-refractivity contribution >= 4 is 17.7 Å². The van der Waals surface area contributed by atoms with Crippen molar-refractivity contribution in [2.24, 2.45) is 0 Å². The lowest BCUT2D eigenvalue weighted by atomic mass is 10.1. The first-order valence-electron chi connectivity index (χ1n) is 4.38. The number of hydrogen-bond donors (Lipinski definition) is 2. The molecule has 2 aliphatic heterocycles. The van der Waals surface area contributed by atoms with Crippen molar-refractivity contribution < 1.29 is 9.90 Å². The maximum Gasteiger partial charge on any atom is 0.320 e. The molecule has 0 bridgehead atoms. The molecule has 2 heterocycles. The van der Waals surface area contributed by atoms with Crippen molar-refractivity contribution in [1.82, 2.24) is 5.32 Å². The molecular weight excluding hydrogens is 174 g/mol. The van der Waals surface area contributed by atoms with E-state index in [0.29, 0.717) is 11.3 Å². The summed E-state index contributed by atoms with van der Waals surface area (Å²) in [4.78, 5) is 10.7. The molecule has 4 heteroatoms. The topological polar surface area (TPSA) is 49.3 Å². The molecular formula is C8H13NO2S. The Morgan fingerprint density at radius 3 is 3.08 bits per heavy atom. The molecule has 3 atom stereocenters. The van der Waals surface area contributed by atoms with Crippen molar-refractivity contribution in [2.45, 2.75) is 36.6 Å². The highest BCUT2D eigenvalue weighted by atomic mass is 32.2. The highest BCUT2D eigenvalue weighted by molar-refractivity contribution is 8.00.